The molecule has 5 rings (SSSR count). The van der Waals surface area contributed by atoms with Crippen LogP contribution in [0.1, 0.15) is 60.2 Å². The number of hydrogen-bond donors (Lipinski definition) is 2. The fraction of sp³-hybridized carbons (Fsp3) is 0.550. The minimum absolute atomic E-state index is 0.205. The van der Waals surface area contributed by atoms with E-state index in [9.17, 15) is 18.3 Å². The van der Waals surface area contributed by atoms with Crippen LogP contribution in [-0.2, 0) is 24.4 Å². The standard InChI is InChI=1S/C20H21F3N2O/c1-19-7-6-13-12-5-3-11(26)8-10(12)2-4-14(13)16(19)9-15-17(19)24-25-18(15)20(21,22)23/h3,5,8,13-14,16,26H,2,4,6-7,9H2,1H3,(H,24,25)/t13?,14?,16?,19-/m0/s1. The highest BCUT2D eigenvalue weighted by Crippen LogP contribution is 2.60. The molecular formula is C20H21F3N2O. The monoisotopic (exact) mass is 362 g/mol. The van der Waals surface area contributed by atoms with E-state index < -0.39 is 11.9 Å². The lowest BCUT2D eigenvalue weighted by Crippen LogP contribution is -2.43. The topological polar surface area (TPSA) is 48.9 Å². The van der Waals surface area contributed by atoms with Gasteiger partial charge in [-0.15, -0.1) is 0 Å². The van der Waals surface area contributed by atoms with E-state index in [4.69, 9.17) is 0 Å². The molecule has 0 radical (unpaired) electrons. The number of nitrogens with zero attached hydrogens (tertiary/aromatic N) is 1. The van der Waals surface area contributed by atoms with Crippen molar-refractivity contribution >= 4 is 0 Å². The van der Waals surface area contributed by atoms with E-state index in [0.29, 0.717) is 35.3 Å². The van der Waals surface area contributed by atoms with Crippen LogP contribution >= 0.6 is 0 Å². The molecule has 1 aromatic carbocycles. The first kappa shape index (κ1) is 16.2. The molecule has 0 aliphatic heterocycles. The maximum Gasteiger partial charge on any atom is 0.433 e. The van der Waals surface area contributed by atoms with Crippen LogP contribution in [0.5, 0.6) is 5.75 Å². The lowest BCUT2D eigenvalue weighted by molar-refractivity contribution is -0.141. The van der Waals surface area contributed by atoms with Gasteiger partial charge in [-0.2, -0.15) is 18.3 Å². The number of aromatic hydroxyl groups is 1. The van der Waals surface area contributed by atoms with Crippen LogP contribution in [0.25, 0.3) is 0 Å². The van der Waals surface area contributed by atoms with Crippen LogP contribution in [-0.4, -0.2) is 15.3 Å². The van der Waals surface area contributed by atoms with E-state index in [0.717, 1.165) is 25.7 Å². The summed E-state index contributed by atoms with van der Waals surface area (Å²) in [5, 5.41) is 16.2. The SMILES string of the molecule is C[C@]12CCC3c4ccc(O)cc4CCC3C1Cc1c2n[nH]c1C(F)(F)F. The van der Waals surface area contributed by atoms with Gasteiger partial charge in [0.1, 0.15) is 11.4 Å². The molecule has 2 N–H and O–H groups in total. The minimum atomic E-state index is -4.37. The van der Waals surface area contributed by atoms with Crippen molar-refractivity contribution in [2.45, 2.75) is 56.5 Å². The molecule has 6 heteroatoms. The quantitative estimate of drug-likeness (QED) is 0.713. The van der Waals surface area contributed by atoms with Crippen LogP contribution in [0.15, 0.2) is 18.2 Å². The molecule has 26 heavy (non-hydrogen) atoms. The summed E-state index contributed by atoms with van der Waals surface area (Å²) < 4.78 is 40.1. The number of halogens is 3. The Morgan fingerprint density at radius 1 is 1.27 bits per heavy atom. The summed E-state index contributed by atoms with van der Waals surface area (Å²) in [6.45, 7) is 2.10. The molecule has 1 fully saturated rings. The second kappa shape index (κ2) is 5.05. The first-order valence-electron chi connectivity index (χ1n) is 9.26. The summed E-state index contributed by atoms with van der Waals surface area (Å²) >= 11 is 0. The number of aromatic amines is 1. The first-order chi connectivity index (χ1) is 12.3. The van der Waals surface area contributed by atoms with Crippen molar-refractivity contribution in [3.05, 3.63) is 46.3 Å². The van der Waals surface area contributed by atoms with Crippen LogP contribution in [0, 0.1) is 11.8 Å². The normalized spacial score (nSPS) is 32.5. The van der Waals surface area contributed by atoms with Crippen LogP contribution in [0.2, 0.25) is 0 Å². The fourth-order valence-corrected chi connectivity index (χ4v) is 6.05. The van der Waals surface area contributed by atoms with E-state index in [2.05, 4.69) is 17.1 Å². The zero-order valence-electron chi connectivity index (χ0n) is 14.5. The number of hydrogen-bond acceptors (Lipinski definition) is 2. The predicted octanol–water partition coefficient (Wildman–Crippen LogP) is 4.70. The third kappa shape index (κ3) is 2.04. The highest BCUT2D eigenvalue weighted by atomic mass is 19.4. The van der Waals surface area contributed by atoms with E-state index in [1.165, 1.54) is 11.1 Å². The van der Waals surface area contributed by atoms with Gasteiger partial charge in [0.05, 0.1) is 5.69 Å². The zero-order chi connectivity index (χ0) is 18.3. The van der Waals surface area contributed by atoms with Crippen molar-refractivity contribution in [2.75, 3.05) is 0 Å². The highest BCUT2D eigenvalue weighted by molar-refractivity contribution is 5.44. The summed E-state index contributed by atoms with van der Waals surface area (Å²) in [4.78, 5) is 0. The Morgan fingerprint density at radius 2 is 2.08 bits per heavy atom. The minimum Gasteiger partial charge on any atom is -0.508 e. The van der Waals surface area contributed by atoms with Crippen molar-refractivity contribution in [3.63, 3.8) is 0 Å². The van der Waals surface area contributed by atoms with Crippen molar-refractivity contribution in [1.29, 1.82) is 0 Å². The fourth-order valence-electron chi connectivity index (χ4n) is 6.05. The van der Waals surface area contributed by atoms with Crippen molar-refractivity contribution < 1.29 is 18.3 Å². The smallest absolute Gasteiger partial charge is 0.433 e. The van der Waals surface area contributed by atoms with E-state index in [1.54, 1.807) is 6.07 Å². The predicted molar refractivity (Wildman–Crippen MR) is 90.0 cm³/mol. The Bertz CT molecular complexity index is 888. The van der Waals surface area contributed by atoms with E-state index >= 15 is 0 Å². The largest absolute Gasteiger partial charge is 0.508 e. The Labute approximate surface area is 149 Å². The molecule has 3 aliphatic rings. The maximum atomic E-state index is 13.4. The number of aryl methyl sites for hydroxylation is 1. The second-order valence-electron chi connectivity index (χ2n) is 8.38. The molecule has 0 amide bonds. The van der Waals surface area contributed by atoms with Crippen LogP contribution in [0.4, 0.5) is 13.2 Å². The number of rotatable bonds is 0. The van der Waals surface area contributed by atoms with Gasteiger partial charge in [0.15, 0.2) is 0 Å². The number of phenols is 1. The van der Waals surface area contributed by atoms with Gasteiger partial charge in [0.2, 0.25) is 0 Å². The summed E-state index contributed by atoms with van der Waals surface area (Å²) in [6, 6.07) is 5.59. The molecule has 1 heterocycles. The van der Waals surface area contributed by atoms with Crippen molar-refractivity contribution in [3.8, 4) is 5.75 Å². The average molecular weight is 362 g/mol. The summed E-state index contributed by atoms with van der Waals surface area (Å²) in [5.74, 6) is 1.25. The molecular weight excluding hydrogens is 341 g/mol. The van der Waals surface area contributed by atoms with Crippen molar-refractivity contribution in [2.24, 2.45) is 11.8 Å². The van der Waals surface area contributed by atoms with Crippen LogP contribution < -0.4 is 0 Å². The van der Waals surface area contributed by atoms with Gasteiger partial charge in [-0.25, -0.2) is 0 Å². The van der Waals surface area contributed by atoms with Crippen LogP contribution in [0.3, 0.4) is 0 Å². The van der Waals surface area contributed by atoms with Gasteiger partial charge < -0.3 is 5.11 Å². The molecule has 1 saturated carbocycles. The number of nitrogens with one attached hydrogen (secondary N) is 1. The molecule has 4 atom stereocenters. The Balaban J connectivity index is 1.55. The molecule has 0 bridgehead atoms. The zero-order valence-corrected chi connectivity index (χ0v) is 14.5. The van der Waals surface area contributed by atoms with Crippen molar-refractivity contribution in [1.82, 2.24) is 10.2 Å². The second-order valence-corrected chi connectivity index (χ2v) is 8.38. The average Bonchev–Trinajstić information content (AvgIpc) is 3.12. The number of fused-ring (bicyclic) bond motifs is 7. The summed E-state index contributed by atoms with van der Waals surface area (Å²) in [7, 11) is 0. The summed E-state index contributed by atoms with van der Waals surface area (Å²) in [5.41, 5.74) is 2.59. The van der Waals surface area contributed by atoms with Gasteiger partial charge >= 0.3 is 6.18 Å². The molecule has 0 spiro atoms. The van der Waals surface area contributed by atoms with E-state index in [-0.39, 0.29) is 11.3 Å². The number of aromatic nitrogens is 2. The molecule has 3 nitrogen and oxygen atoms in total. The van der Waals surface area contributed by atoms with Gasteiger partial charge in [-0.05, 0) is 73.1 Å². The number of H-pyrrole nitrogens is 1. The highest BCUT2D eigenvalue weighted by Gasteiger charge is 2.56. The van der Waals surface area contributed by atoms with Gasteiger partial charge in [0.25, 0.3) is 0 Å². The van der Waals surface area contributed by atoms with Gasteiger partial charge in [-0.3, -0.25) is 5.10 Å². The molecule has 2 aromatic rings. The Morgan fingerprint density at radius 3 is 2.85 bits per heavy atom. The Kier molecular flexibility index (Phi) is 3.15. The third-order valence-corrected chi connectivity index (χ3v) is 7.22. The molecule has 3 aliphatic carbocycles. The molecule has 1 aromatic heterocycles. The lowest BCUT2D eigenvalue weighted by Gasteiger charge is -2.49. The lowest BCUT2D eigenvalue weighted by atomic mass is 9.55. The Hall–Kier alpha value is -1.98. The summed E-state index contributed by atoms with van der Waals surface area (Å²) in [6.07, 6.45) is -0.242. The molecule has 138 valence electrons. The van der Waals surface area contributed by atoms with E-state index in [1.807, 2.05) is 12.1 Å². The number of benzene rings is 1. The molecule has 3 unspecified atom stereocenters. The van der Waals surface area contributed by atoms with Gasteiger partial charge in [0, 0.05) is 11.0 Å². The number of alkyl halides is 3. The molecule has 0 saturated heterocycles. The van der Waals surface area contributed by atoms with Gasteiger partial charge in [-0.1, -0.05) is 13.0 Å². The number of phenolic OH excluding ortho intramolecular Hbond substituents is 1. The third-order valence-electron chi connectivity index (χ3n) is 7.22. The first-order valence-corrected chi connectivity index (χ1v) is 9.26. The maximum absolute atomic E-state index is 13.4.